The van der Waals surface area contributed by atoms with Crippen LogP contribution >= 0.6 is 22.9 Å². The van der Waals surface area contributed by atoms with Crippen molar-refractivity contribution in [2.45, 2.75) is 13.5 Å². The highest BCUT2D eigenvalue weighted by molar-refractivity contribution is 7.13. The third-order valence-corrected chi connectivity index (χ3v) is 4.85. The van der Waals surface area contributed by atoms with Crippen molar-refractivity contribution in [2.24, 2.45) is 0 Å². The van der Waals surface area contributed by atoms with Crippen molar-refractivity contribution < 1.29 is 9.53 Å². The van der Waals surface area contributed by atoms with Gasteiger partial charge in [0.05, 0.1) is 11.6 Å². The molecule has 134 valence electrons. The number of carbonyl (C=O) groups excluding carboxylic acids is 1. The van der Waals surface area contributed by atoms with Crippen molar-refractivity contribution in [2.75, 3.05) is 12.5 Å². The van der Waals surface area contributed by atoms with E-state index in [0.29, 0.717) is 12.4 Å². The molecule has 0 aliphatic heterocycles. The molecule has 6 heteroatoms. The zero-order valence-electron chi connectivity index (χ0n) is 14.4. The second-order valence-electron chi connectivity index (χ2n) is 5.78. The van der Waals surface area contributed by atoms with Crippen LogP contribution in [0.5, 0.6) is 0 Å². The van der Waals surface area contributed by atoms with Crippen LogP contribution in [0.15, 0.2) is 53.9 Å². The molecule has 1 N–H and O–H groups in total. The van der Waals surface area contributed by atoms with Crippen LogP contribution in [-0.4, -0.2) is 23.6 Å². The summed E-state index contributed by atoms with van der Waals surface area (Å²) in [5.74, 6) is 0.292. The first-order valence-electron chi connectivity index (χ1n) is 8.24. The lowest BCUT2D eigenvalue weighted by Crippen LogP contribution is -2.24. The summed E-state index contributed by atoms with van der Waals surface area (Å²) in [5, 5.41) is 5.74. The average molecular weight is 387 g/mol. The monoisotopic (exact) mass is 386 g/mol. The predicted octanol–water partition coefficient (Wildman–Crippen LogP) is 5.25. The summed E-state index contributed by atoms with van der Waals surface area (Å²) in [4.78, 5) is 16.2. The number of nitrogens with one attached hydrogen (secondary N) is 1. The maximum atomic E-state index is 11.4. The van der Waals surface area contributed by atoms with Gasteiger partial charge in [0, 0.05) is 23.1 Å². The molecule has 1 amide bonds. The van der Waals surface area contributed by atoms with E-state index in [4.69, 9.17) is 21.3 Å². The van der Waals surface area contributed by atoms with Gasteiger partial charge in [0.15, 0.2) is 0 Å². The summed E-state index contributed by atoms with van der Waals surface area (Å²) in [6.45, 7) is 2.69. The van der Waals surface area contributed by atoms with E-state index in [-0.39, 0.29) is 6.61 Å². The molecule has 3 aromatic rings. The van der Waals surface area contributed by atoms with Gasteiger partial charge in [-0.05, 0) is 12.5 Å². The van der Waals surface area contributed by atoms with E-state index in [0.717, 1.165) is 27.4 Å². The van der Waals surface area contributed by atoms with Crippen molar-refractivity contribution in [3.8, 4) is 21.8 Å². The van der Waals surface area contributed by atoms with Gasteiger partial charge >= 0.3 is 6.09 Å². The smallest absolute Gasteiger partial charge is 0.407 e. The lowest BCUT2D eigenvalue weighted by molar-refractivity contribution is 0.152. The molecular weight excluding hydrogens is 368 g/mol. The van der Waals surface area contributed by atoms with Crippen LogP contribution < -0.4 is 5.32 Å². The first-order chi connectivity index (χ1) is 12.7. The molecule has 0 aliphatic rings. The predicted molar refractivity (Wildman–Crippen MR) is 107 cm³/mol. The molecule has 4 nitrogen and oxygen atoms in total. The molecule has 0 saturated carbocycles. The number of halogens is 1. The number of carbonyl (C=O) groups is 1. The van der Waals surface area contributed by atoms with E-state index in [2.05, 4.69) is 41.9 Å². The molecule has 0 radical (unpaired) electrons. The van der Waals surface area contributed by atoms with Gasteiger partial charge in [0.1, 0.15) is 11.6 Å². The molecule has 1 aromatic heterocycles. The fourth-order valence-corrected chi connectivity index (χ4v) is 3.30. The number of thiazole rings is 1. The van der Waals surface area contributed by atoms with Gasteiger partial charge in [-0.15, -0.1) is 22.9 Å². The van der Waals surface area contributed by atoms with Crippen LogP contribution in [0, 0.1) is 6.92 Å². The minimum atomic E-state index is -0.461. The second-order valence-corrected chi connectivity index (χ2v) is 7.02. The number of amides is 1. The highest BCUT2D eigenvalue weighted by Crippen LogP contribution is 2.29. The Hall–Kier alpha value is -2.37. The molecule has 2 aromatic carbocycles. The minimum Gasteiger partial charge on any atom is -0.448 e. The molecule has 0 atom stereocenters. The quantitative estimate of drug-likeness (QED) is 0.588. The summed E-state index contributed by atoms with van der Waals surface area (Å²) >= 11 is 7.10. The Morgan fingerprint density at radius 2 is 1.81 bits per heavy atom. The second kappa shape index (κ2) is 8.83. The minimum absolute atomic E-state index is 0.208. The van der Waals surface area contributed by atoms with Gasteiger partial charge in [0.25, 0.3) is 0 Å². The van der Waals surface area contributed by atoms with Gasteiger partial charge in [-0.25, -0.2) is 9.78 Å². The highest BCUT2D eigenvalue weighted by Gasteiger charge is 2.07. The summed E-state index contributed by atoms with van der Waals surface area (Å²) in [7, 11) is 0. The highest BCUT2D eigenvalue weighted by atomic mass is 35.5. The molecule has 0 aliphatic carbocycles. The Labute approximate surface area is 161 Å². The van der Waals surface area contributed by atoms with Crippen molar-refractivity contribution in [1.82, 2.24) is 10.3 Å². The SMILES string of the molecule is Cc1ccc(-c2csc(-c3ccc(CNC(=O)OCCCl)cc3)n2)cc1. The molecule has 1 heterocycles. The Morgan fingerprint density at radius 1 is 1.12 bits per heavy atom. The summed E-state index contributed by atoms with van der Waals surface area (Å²) in [6, 6.07) is 16.3. The topological polar surface area (TPSA) is 51.2 Å². The van der Waals surface area contributed by atoms with Gasteiger partial charge in [-0.3, -0.25) is 0 Å². The summed E-state index contributed by atoms with van der Waals surface area (Å²) in [6.07, 6.45) is -0.461. The Morgan fingerprint density at radius 3 is 2.50 bits per heavy atom. The molecular formula is C20H19ClN2O2S. The number of ether oxygens (including phenoxy) is 1. The van der Waals surface area contributed by atoms with Crippen LogP contribution in [0.4, 0.5) is 4.79 Å². The first kappa shape index (κ1) is 18.4. The molecule has 3 rings (SSSR count). The third-order valence-electron chi connectivity index (χ3n) is 3.80. The maximum Gasteiger partial charge on any atom is 0.407 e. The lowest BCUT2D eigenvalue weighted by Gasteiger charge is -2.06. The van der Waals surface area contributed by atoms with E-state index in [1.807, 2.05) is 24.3 Å². The lowest BCUT2D eigenvalue weighted by atomic mass is 10.1. The third kappa shape index (κ3) is 4.84. The number of hydrogen-bond acceptors (Lipinski definition) is 4. The Bertz CT molecular complexity index is 860. The van der Waals surface area contributed by atoms with Gasteiger partial charge < -0.3 is 10.1 Å². The normalized spacial score (nSPS) is 10.5. The van der Waals surface area contributed by atoms with Crippen molar-refractivity contribution >= 4 is 29.0 Å². The van der Waals surface area contributed by atoms with E-state index >= 15 is 0 Å². The average Bonchev–Trinajstić information content (AvgIpc) is 3.16. The van der Waals surface area contributed by atoms with Crippen molar-refractivity contribution in [3.63, 3.8) is 0 Å². The van der Waals surface area contributed by atoms with Gasteiger partial charge in [-0.1, -0.05) is 54.1 Å². The fourth-order valence-electron chi connectivity index (χ4n) is 2.38. The maximum absolute atomic E-state index is 11.4. The molecule has 0 bridgehead atoms. The number of rotatable bonds is 6. The van der Waals surface area contributed by atoms with E-state index in [1.165, 1.54) is 5.56 Å². The number of hydrogen-bond donors (Lipinski definition) is 1. The van der Waals surface area contributed by atoms with Crippen molar-refractivity contribution in [3.05, 3.63) is 65.0 Å². The van der Waals surface area contributed by atoms with Crippen molar-refractivity contribution in [1.29, 1.82) is 0 Å². The largest absolute Gasteiger partial charge is 0.448 e. The summed E-state index contributed by atoms with van der Waals surface area (Å²) in [5.41, 5.74) is 5.39. The van der Waals surface area contributed by atoms with E-state index in [1.54, 1.807) is 11.3 Å². The van der Waals surface area contributed by atoms with Crippen LogP contribution in [0.1, 0.15) is 11.1 Å². The number of benzene rings is 2. The number of nitrogens with zero attached hydrogens (tertiary/aromatic N) is 1. The number of aromatic nitrogens is 1. The van der Waals surface area contributed by atoms with Crippen LogP contribution in [0.25, 0.3) is 21.8 Å². The van der Waals surface area contributed by atoms with Gasteiger partial charge in [0.2, 0.25) is 0 Å². The van der Waals surface area contributed by atoms with Crippen LogP contribution in [0.2, 0.25) is 0 Å². The first-order valence-corrected chi connectivity index (χ1v) is 9.65. The standard InChI is InChI=1S/C20H19ClN2O2S/c1-14-2-6-16(7-3-14)18-13-26-19(23-18)17-8-4-15(5-9-17)12-22-20(24)25-11-10-21/h2-9,13H,10-12H2,1H3,(H,22,24). The molecule has 0 saturated heterocycles. The molecule has 0 unspecified atom stereocenters. The molecule has 0 spiro atoms. The van der Waals surface area contributed by atoms with Crippen LogP contribution in [0.3, 0.4) is 0 Å². The number of alkyl halides is 1. The van der Waals surface area contributed by atoms with E-state index in [9.17, 15) is 4.79 Å². The molecule has 26 heavy (non-hydrogen) atoms. The number of alkyl carbamates (subject to hydrolysis) is 1. The van der Waals surface area contributed by atoms with E-state index < -0.39 is 6.09 Å². The summed E-state index contributed by atoms with van der Waals surface area (Å²) < 4.78 is 4.87. The van der Waals surface area contributed by atoms with Gasteiger partial charge in [-0.2, -0.15) is 0 Å². The fraction of sp³-hybridized carbons (Fsp3) is 0.200. The Kier molecular flexibility index (Phi) is 6.26. The molecule has 0 fully saturated rings. The zero-order valence-corrected chi connectivity index (χ0v) is 15.9. The zero-order chi connectivity index (χ0) is 18.4. The number of aryl methyl sites for hydroxylation is 1. The Balaban J connectivity index is 1.64. The van der Waals surface area contributed by atoms with Crippen LogP contribution in [-0.2, 0) is 11.3 Å².